The van der Waals surface area contributed by atoms with Crippen LogP contribution in [0.2, 0.25) is 0 Å². The zero-order valence-corrected chi connectivity index (χ0v) is 10.1. The van der Waals surface area contributed by atoms with Crippen molar-refractivity contribution in [2.75, 3.05) is 6.61 Å². The molecule has 0 saturated heterocycles. The quantitative estimate of drug-likeness (QED) is 0.797. The van der Waals surface area contributed by atoms with E-state index in [-0.39, 0.29) is 6.09 Å². The lowest BCUT2D eigenvalue weighted by Crippen LogP contribution is -2.13. The summed E-state index contributed by atoms with van der Waals surface area (Å²) in [6.45, 7) is 4.16. The molecule has 0 atom stereocenters. The Bertz CT molecular complexity index is 485. The Morgan fingerprint density at radius 2 is 2.38 bits per heavy atom. The predicted molar refractivity (Wildman–Crippen MR) is 64.9 cm³/mol. The zero-order valence-electron chi connectivity index (χ0n) is 9.27. The molecule has 3 nitrogen and oxygen atoms in total. The normalized spacial score (nSPS) is 10.4. The van der Waals surface area contributed by atoms with Crippen LogP contribution in [0.15, 0.2) is 29.8 Å². The summed E-state index contributed by atoms with van der Waals surface area (Å²) in [5.74, 6) is 0. The lowest BCUT2D eigenvalue weighted by Gasteiger charge is -2.05. The number of nitrogens with zero attached hydrogens (tertiary/aromatic N) is 1. The van der Waals surface area contributed by atoms with Crippen LogP contribution in [0.25, 0.3) is 10.6 Å². The smallest absolute Gasteiger partial charge is 0.418 e. The predicted octanol–water partition coefficient (Wildman–Crippen LogP) is 3.53. The van der Waals surface area contributed by atoms with Crippen LogP contribution in [0.5, 0.6) is 0 Å². The van der Waals surface area contributed by atoms with Crippen LogP contribution >= 0.6 is 11.3 Å². The minimum atomic E-state index is -0.320. The minimum absolute atomic E-state index is 0.320. The van der Waals surface area contributed by atoms with Gasteiger partial charge in [-0.3, -0.25) is 4.57 Å². The molecule has 0 unspecified atom stereocenters. The Balaban J connectivity index is 2.42. The van der Waals surface area contributed by atoms with E-state index in [0.29, 0.717) is 6.61 Å². The Kier molecular flexibility index (Phi) is 3.10. The third-order valence-electron chi connectivity index (χ3n) is 2.19. The highest BCUT2D eigenvalue weighted by molar-refractivity contribution is 7.13. The summed E-state index contributed by atoms with van der Waals surface area (Å²) >= 11 is 1.61. The first-order valence-electron chi connectivity index (χ1n) is 5.12. The molecule has 16 heavy (non-hydrogen) atoms. The van der Waals surface area contributed by atoms with Gasteiger partial charge in [0.2, 0.25) is 0 Å². The van der Waals surface area contributed by atoms with Gasteiger partial charge in [0.25, 0.3) is 0 Å². The molecule has 0 amide bonds. The molecule has 2 rings (SSSR count). The molecule has 2 aromatic rings. The third kappa shape index (κ3) is 2.02. The number of carbonyl (C=O) groups excluding carboxylic acids is 1. The average molecular weight is 235 g/mol. The molecule has 0 bridgehead atoms. The van der Waals surface area contributed by atoms with Gasteiger partial charge in [-0.2, -0.15) is 0 Å². The van der Waals surface area contributed by atoms with Crippen LogP contribution < -0.4 is 0 Å². The second-order valence-corrected chi connectivity index (χ2v) is 4.40. The molecular weight excluding hydrogens is 222 g/mol. The van der Waals surface area contributed by atoms with Crippen molar-refractivity contribution in [3.63, 3.8) is 0 Å². The molecule has 4 heteroatoms. The number of rotatable bonds is 2. The Morgan fingerprint density at radius 3 is 3.00 bits per heavy atom. The highest BCUT2D eigenvalue weighted by Crippen LogP contribution is 2.26. The molecular formula is C12H13NO2S. The number of thiophene rings is 1. The van der Waals surface area contributed by atoms with Crippen molar-refractivity contribution in [3.05, 3.63) is 35.3 Å². The van der Waals surface area contributed by atoms with Crippen molar-refractivity contribution in [2.24, 2.45) is 0 Å². The maximum absolute atomic E-state index is 11.7. The van der Waals surface area contributed by atoms with Crippen molar-refractivity contribution in [3.8, 4) is 10.6 Å². The maximum atomic E-state index is 11.7. The highest BCUT2D eigenvalue weighted by atomic mass is 32.1. The van der Waals surface area contributed by atoms with Crippen LogP contribution in [0.1, 0.15) is 12.5 Å². The van der Waals surface area contributed by atoms with E-state index in [1.807, 2.05) is 30.5 Å². The number of aryl methyl sites for hydroxylation is 1. The topological polar surface area (TPSA) is 31.2 Å². The summed E-state index contributed by atoms with van der Waals surface area (Å²) in [5.41, 5.74) is 1.95. The van der Waals surface area contributed by atoms with Crippen LogP contribution in [-0.2, 0) is 4.74 Å². The molecule has 2 aromatic heterocycles. The lowest BCUT2D eigenvalue weighted by molar-refractivity contribution is 0.154. The fourth-order valence-electron chi connectivity index (χ4n) is 1.55. The summed E-state index contributed by atoms with van der Waals surface area (Å²) in [6, 6.07) is 5.95. The molecule has 84 valence electrons. The fourth-order valence-corrected chi connectivity index (χ4v) is 2.29. The number of ether oxygens (including phenoxy) is 1. The van der Waals surface area contributed by atoms with E-state index in [9.17, 15) is 4.79 Å². The van der Waals surface area contributed by atoms with Gasteiger partial charge < -0.3 is 4.74 Å². The molecule has 0 spiro atoms. The van der Waals surface area contributed by atoms with E-state index in [1.54, 1.807) is 29.0 Å². The lowest BCUT2D eigenvalue weighted by atomic mass is 10.3. The molecule has 0 saturated carbocycles. The van der Waals surface area contributed by atoms with Gasteiger partial charge >= 0.3 is 6.09 Å². The summed E-state index contributed by atoms with van der Waals surface area (Å²) < 4.78 is 6.57. The molecule has 0 N–H and O–H groups in total. The van der Waals surface area contributed by atoms with Crippen LogP contribution in [0.3, 0.4) is 0 Å². The van der Waals surface area contributed by atoms with Gasteiger partial charge in [-0.1, -0.05) is 6.07 Å². The van der Waals surface area contributed by atoms with E-state index in [1.165, 1.54) is 0 Å². The Hall–Kier alpha value is -1.55. The standard InChI is InChI=1S/C12H13NO2S/c1-3-15-12(14)13-8-9(2)7-10(13)11-5-4-6-16-11/h4-8H,3H2,1-2H3. The number of carbonyl (C=O) groups is 1. The van der Waals surface area contributed by atoms with Crippen molar-refractivity contribution >= 4 is 17.4 Å². The van der Waals surface area contributed by atoms with Gasteiger partial charge in [-0.05, 0) is 36.9 Å². The van der Waals surface area contributed by atoms with Gasteiger partial charge in [0.05, 0.1) is 17.2 Å². The zero-order chi connectivity index (χ0) is 11.5. The molecule has 0 aliphatic heterocycles. The largest absolute Gasteiger partial charge is 0.449 e. The van der Waals surface area contributed by atoms with Crippen molar-refractivity contribution < 1.29 is 9.53 Å². The van der Waals surface area contributed by atoms with Crippen LogP contribution in [0.4, 0.5) is 4.79 Å². The summed E-state index contributed by atoms with van der Waals surface area (Å²) in [6.07, 6.45) is 1.48. The summed E-state index contributed by atoms with van der Waals surface area (Å²) in [5, 5.41) is 1.99. The number of aromatic nitrogens is 1. The average Bonchev–Trinajstić information content (AvgIpc) is 2.85. The second kappa shape index (κ2) is 4.53. The number of hydrogen-bond donors (Lipinski definition) is 0. The van der Waals surface area contributed by atoms with Gasteiger partial charge in [0, 0.05) is 6.20 Å². The Morgan fingerprint density at radius 1 is 1.56 bits per heavy atom. The molecule has 2 heterocycles. The SMILES string of the molecule is CCOC(=O)n1cc(C)cc1-c1cccs1. The van der Waals surface area contributed by atoms with Gasteiger partial charge in [-0.25, -0.2) is 4.79 Å². The van der Waals surface area contributed by atoms with Gasteiger partial charge in [0.1, 0.15) is 0 Å². The first kappa shape index (κ1) is 11.0. The second-order valence-electron chi connectivity index (χ2n) is 3.45. The van der Waals surface area contributed by atoms with Crippen molar-refractivity contribution in [2.45, 2.75) is 13.8 Å². The van der Waals surface area contributed by atoms with E-state index in [4.69, 9.17) is 4.74 Å². The van der Waals surface area contributed by atoms with E-state index in [2.05, 4.69) is 0 Å². The minimum Gasteiger partial charge on any atom is -0.449 e. The van der Waals surface area contributed by atoms with Gasteiger partial charge in [0.15, 0.2) is 0 Å². The molecule has 0 aromatic carbocycles. The van der Waals surface area contributed by atoms with E-state index >= 15 is 0 Å². The maximum Gasteiger partial charge on any atom is 0.418 e. The molecule has 0 fully saturated rings. The van der Waals surface area contributed by atoms with Crippen LogP contribution in [0, 0.1) is 6.92 Å². The third-order valence-corrected chi connectivity index (χ3v) is 3.09. The summed E-state index contributed by atoms with van der Waals surface area (Å²) in [4.78, 5) is 12.8. The Labute approximate surface area is 98.3 Å². The first-order chi connectivity index (χ1) is 7.72. The molecule has 0 aliphatic carbocycles. The monoisotopic (exact) mass is 235 g/mol. The molecule has 0 aliphatic rings. The van der Waals surface area contributed by atoms with Crippen molar-refractivity contribution in [1.29, 1.82) is 0 Å². The molecule has 0 radical (unpaired) electrons. The van der Waals surface area contributed by atoms with Crippen molar-refractivity contribution in [1.82, 2.24) is 4.57 Å². The van der Waals surface area contributed by atoms with Gasteiger partial charge in [-0.15, -0.1) is 11.3 Å². The first-order valence-corrected chi connectivity index (χ1v) is 6.00. The number of hydrogen-bond acceptors (Lipinski definition) is 3. The van der Waals surface area contributed by atoms with E-state index < -0.39 is 0 Å². The highest BCUT2D eigenvalue weighted by Gasteiger charge is 2.13. The van der Waals surface area contributed by atoms with Crippen LogP contribution in [-0.4, -0.2) is 17.3 Å². The van der Waals surface area contributed by atoms with E-state index in [0.717, 1.165) is 16.1 Å². The summed E-state index contributed by atoms with van der Waals surface area (Å²) in [7, 11) is 0. The fraction of sp³-hybridized carbons (Fsp3) is 0.250.